The molecule has 1 fully saturated rings. The van der Waals surface area contributed by atoms with Crippen LogP contribution in [0.25, 0.3) is 0 Å². The zero-order chi connectivity index (χ0) is 10.3. The summed E-state index contributed by atoms with van der Waals surface area (Å²) in [6.07, 6.45) is 5.21. The number of hydrogen-bond donors (Lipinski definition) is 1. The number of carbonyl (C=O) groups is 1. The van der Waals surface area contributed by atoms with Crippen molar-refractivity contribution in [3.63, 3.8) is 0 Å². The molecule has 0 aliphatic heterocycles. The van der Waals surface area contributed by atoms with E-state index in [0.717, 1.165) is 31.6 Å². The van der Waals surface area contributed by atoms with Gasteiger partial charge in [-0.1, -0.05) is 27.2 Å². The van der Waals surface area contributed by atoms with Gasteiger partial charge in [0, 0.05) is 0 Å². The standard InChI is InChI=1S/C8H14O2.C3H8/c1-6-2-4-7(5-3-6)8(9)10;1-3-2/h6-7H,2-5H2,1H3,(H,9,10);3H2,1-2H3. The van der Waals surface area contributed by atoms with Gasteiger partial charge in [0.2, 0.25) is 0 Å². The Labute approximate surface area is 81.3 Å². The molecule has 0 amide bonds. The number of carboxylic acids is 1. The van der Waals surface area contributed by atoms with E-state index in [9.17, 15) is 4.79 Å². The molecule has 0 aromatic heterocycles. The largest absolute Gasteiger partial charge is 0.481 e. The highest BCUT2D eigenvalue weighted by atomic mass is 16.4. The minimum absolute atomic E-state index is 0.0452. The van der Waals surface area contributed by atoms with Crippen LogP contribution in [0.3, 0.4) is 0 Å². The molecule has 1 aliphatic rings. The topological polar surface area (TPSA) is 37.3 Å². The molecule has 0 radical (unpaired) electrons. The predicted octanol–water partition coefficient (Wildman–Crippen LogP) is 3.31. The zero-order valence-corrected chi connectivity index (χ0v) is 9.05. The molecule has 13 heavy (non-hydrogen) atoms. The van der Waals surface area contributed by atoms with E-state index in [1.807, 2.05) is 0 Å². The quantitative estimate of drug-likeness (QED) is 0.682. The van der Waals surface area contributed by atoms with Gasteiger partial charge < -0.3 is 5.11 Å². The van der Waals surface area contributed by atoms with Crippen molar-refractivity contribution >= 4 is 5.97 Å². The monoisotopic (exact) mass is 186 g/mol. The van der Waals surface area contributed by atoms with Crippen molar-refractivity contribution in [1.82, 2.24) is 0 Å². The van der Waals surface area contributed by atoms with Crippen molar-refractivity contribution in [1.29, 1.82) is 0 Å². The van der Waals surface area contributed by atoms with E-state index >= 15 is 0 Å². The van der Waals surface area contributed by atoms with Gasteiger partial charge in [-0.25, -0.2) is 0 Å². The summed E-state index contributed by atoms with van der Waals surface area (Å²) in [5.41, 5.74) is 0. The van der Waals surface area contributed by atoms with Gasteiger partial charge in [-0.2, -0.15) is 0 Å². The fourth-order valence-electron chi connectivity index (χ4n) is 1.51. The second-order valence-electron chi connectivity index (χ2n) is 4.00. The van der Waals surface area contributed by atoms with Crippen LogP contribution in [0.5, 0.6) is 0 Å². The molecule has 1 aliphatic carbocycles. The first-order valence-electron chi connectivity index (χ1n) is 5.34. The second kappa shape index (κ2) is 6.93. The molecule has 0 saturated heterocycles. The van der Waals surface area contributed by atoms with Gasteiger partial charge in [-0.15, -0.1) is 0 Å². The Morgan fingerprint density at radius 1 is 1.23 bits per heavy atom. The van der Waals surface area contributed by atoms with Gasteiger partial charge >= 0.3 is 5.97 Å². The van der Waals surface area contributed by atoms with Crippen molar-refractivity contribution in [3.05, 3.63) is 0 Å². The van der Waals surface area contributed by atoms with Crippen LogP contribution >= 0.6 is 0 Å². The maximum Gasteiger partial charge on any atom is 0.306 e. The maximum atomic E-state index is 10.5. The average Bonchev–Trinajstić information content (AvgIpc) is 2.06. The Balaban J connectivity index is 0.000000424. The van der Waals surface area contributed by atoms with E-state index in [1.165, 1.54) is 6.42 Å². The number of carboxylic acid groups (broad SMARTS) is 1. The fraction of sp³-hybridized carbons (Fsp3) is 0.909. The van der Waals surface area contributed by atoms with Crippen LogP contribution < -0.4 is 0 Å². The van der Waals surface area contributed by atoms with Gasteiger partial charge in [0.1, 0.15) is 0 Å². The van der Waals surface area contributed by atoms with Crippen molar-refractivity contribution in [3.8, 4) is 0 Å². The van der Waals surface area contributed by atoms with Crippen molar-refractivity contribution in [2.45, 2.75) is 52.9 Å². The molecule has 0 heterocycles. The van der Waals surface area contributed by atoms with Gasteiger partial charge in [-0.05, 0) is 31.6 Å². The lowest BCUT2D eigenvalue weighted by Gasteiger charge is -2.22. The Morgan fingerprint density at radius 2 is 1.62 bits per heavy atom. The summed E-state index contributed by atoms with van der Waals surface area (Å²) in [7, 11) is 0. The van der Waals surface area contributed by atoms with Crippen LogP contribution in [0.4, 0.5) is 0 Å². The Morgan fingerprint density at radius 3 is 1.92 bits per heavy atom. The number of aliphatic carboxylic acids is 1. The predicted molar refractivity (Wildman–Crippen MR) is 54.7 cm³/mol. The van der Waals surface area contributed by atoms with Gasteiger partial charge in [-0.3, -0.25) is 4.79 Å². The number of rotatable bonds is 1. The van der Waals surface area contributed by atoms with Crippen molar-refractivity contribution < 1.29 is 9.90 Å². The molecule has 0 aromatic carbocycles. The van der Waals surface area contributed by atoms with E-state index in [0.29, 0.717) is 0 Å². The lowest BCUT2D eigenvalue weighted by Crippen LogP contribution is -2.19. The lowest BCUT2D eigenvalue weighted by atomic mass is 9.83. The third-order valence-corrected chi connectivity index (χ3v) is 2.37. The highest BCUT2D eigenvalue weighted by Crippen LogP contribution is 2.27. The van der Waals surface area contributed by atoms with Gasteiger partial charge in [0.25, 0.3) is 0 Å². The second-order valence-corrected chi connectivity index (χ2v) is 4.00. The molecular weight excluding hydrogens is 164 g/mol. The molecule has 0 bridgehead atoms. The van der Waals surface area contributed by atoms with E-state index in [1.54, 1.807) is 0 Å². The van der Waals surface area contributed by atoms with E-state index in [-0.39, 0.29) is 5.92 Å². The average molecular weight is 186 g/mol. The molecule has 0 aromatic rings. The zero-order valence-electron chi connectivity index (χ0n) is 9.05. The molecule has 2 heteroatoms. The molecular formula is C11H22O2. The van der Waals surface area contributed by atoms with Crippen LogP contribution in [0.15, 0.2) is 0 Å². The van der Waals surface area contributed by atoms with Crippen molar-refractivity contribution in [2.24, 2.45) is 11.8 Å². The minimum Gasteiger partial charge on any atom is -0.481 e. The molecule has 1 rings (SSSR count). The lowest BCUT2D eigenvalue weighted by molar-refractivity contribution is -0.143. The molecule has 0 spiro atoms. The van der Waals surface area contributed by atoms with Gasteiger partial charge in [0.15, 0.2) is 0 Å². The molecule has 0 unspecified atom stereocenters. The molecule has 1 N–H and O–H groups in total. The van der Waals surface area contributed by atoms with E-state index < -0.39 is 5.97 Å². The summed E-state index contributed by atoms with van der Waals surface area (Å²) < 4.78 is 0. The van der Waals surface area contributed by atoms with Crippen LogP contribution in [0, 0.1) is 11.8 Å². The van der Waals surface area contributed by atoms with Crippen molar-refractivity contribution in [2.75, 3.05) is 0 Å². The van der Waals surface area contributed by atoms with E-state index in [4.69, 9.17) is 5.11 Å². The van der Waals surface area contributed by atoms with Crippen LogP contribution in [-0.4, -0.2) is 11.1 Å². The van der Waals surface area contributed by atoms with E-state index in [2.05, 4.69) is 20.8 Å². The minimum atomic E-state index is -0.605. The van der Waals surface area contributed by atoms with Gasteiger partial charge in [0.05, 0.1) is 5.92 Å². The van der Waals surface area contributed by atoms with Crippen LogP contribution in [-0.2, 0) is 4.79 Å². The summed E-state index contributed by atoms with van der Waals surface area (Å²) in [6.45, 7) is 6.44. The molecule has 0 atom stereocenters. The summed E-state index contributed by atoms with van der Waals surface area (Å²) in [5, 5.41) is 8.62. The third kappa shape index (κ3) is 5.67. The number of hydrogen-bond acceptors (Lipinski definition) is 1. The summed E-state index contributed by atoms with van der Waals surface area (Å²) >= 11 is 0. The highest BCUT2D eigenvalue weighted by Gasteiger charge is 2.23. The highest BCUT2D eigenvalue weighted by molar-refractivity contribution is 5.69. The first-order chi connectivity index (χ1) is 6.11. The Bertz CT molecular complexity index is 135. The fourth-order valence-corrected chi connectivity index (χ4v) is 1.51. The summed E-state index contributed by atoms with van der Waals surface area (Å²) in [4.78, 5) is 10.5. The Kier molecular flexibility index (Phi) is 6.65. The maximum absolute atomic E-state index is 10.5. The first kappa shape index (κ1) is 12.5. The first-order valence-corrected chi connectivity index (χ1v) is 5.34. The normalized spacial score (nSPS) is 27.3. The molecule has 1 saturated carbocycles. The van der Waals surface area contributed by atoms with Crippen LogP contribution in [0.1, 0.15) is 52.9 Å². The molecule has 78 valence electrons. The summed E-state index contributed by atoms with van der Waals surface area (Å²) in [6, 6.07) is 0. The van der Waals surface area contributed by atoms with Crippen LogP contribution in [0.2, 0.25) is 0 Å². The SMILES string of the molecule is CC1CCC(C(=O)O)CC1.CCC. The third-order valence-electron chi connectivity index (χ3n) is 2.37. The Hall–Kier alpha value is -0.530. The molecule has 2 nitrogen and oxygen atoms in total. The smallest absolute Gasteiger partial charge is 0.306 e. The summed E-state index contributed by atoms with van der Waals surface area (Å²) in [5.74, 6) is 0.0960.